The highest BCUT2D eigenvalue weighted by Crippen LogP contribution is 2.41. The number of nitrogens with zero attached hydrogens (tertiary/aromatic N) is 4. The van der Waals surface area contributed by atoms with Gasteiger partial charge in [-0.3, -0.25) is 19.6 Å². The van der Waals surface area contributed by atoms with E-state index in [4.69, 9.17) is 39.4 Å². The molecule has 0 bridgehead atoms. The van der Waals surface area contributed by atoms with Crippen molar-refractivity contribution >= 4 is 35.6 Å². The molecule has 12 nitrogen and oxygen atoms in total. The van der Waals surface area contributed by atoms with E-state index < -0.39 is 0 Å². The van der Waals surface area contributed by atoms with Crippen molar-refractivity contribution in [2.45, 2.75) is 58.4 Å². The van der Waals surface area contributed by atoms with Gasteiger partial charge in [0.25, 0.3) is 11.8 Å². The third-order valence-electron chi connectivity index (χ3n) is 10.1. The molecule has 7 rings (SSSR count). The molecule has 2 fully saturated rings. The first kappa shape index (κ1) is 35.8. The van der Waals surface area contributed by atoms with Gasteiger partial charge in [0.15, 0.2) is 23.0 Å². The maximum Gasteiger partial charge on any atom is 0.257 e. The zero-order chi connectivity index (χ0) is 37.1. The van der Waals surface area contributed by atoms with Crippen molar-refractivity contribution < 1.29 is 33.3 Å². The number of hydrogen-bond acceptors (Lipinski definition) is 10. The number of ether oxygens (including phenoxy) is 5. The molecule has 2 atom stereocenters. The zero-order valence-electron chi connectivity index (χ0n) is 30.6. The standard InChI is InChI=1S/C41H45N5O7/c1-5-25-11-29-19-43-34-17-38(36(49-3)15-32(34)40(47)45(29)21-25)52-23-27-10-28(14-31(13-27)51-9-7-8-42)24-53-39-18-35-33(16-37(39)50-4)41(48)46-22-26(6-2)12-30(46)20-44-35/h5-6,10,13-20,29-30H,7-9,11-12,21-24,42H2,1-4H3/b25-5+,26-6+/t29-,30?/m0/s1. The lowest BCUT2D eigenvalue weighted by atomic mass is 10.1. The fourth-order valence-corrected chi connectivity index (χ4v) is 7.10. The first-order chi connectivity index (χ1) is 25.8. The minimum Gasteiger partial charge on any atom is -0.494 e. The Morgan fingerprint density at radius 1 is 0.698 bits per heavy atom. The number of rotatable bonds is 12. The van der Waals surface area contributed by atoms with Crippen LogP contribution in [-0.2, 0) is 13.2 Å². The van der Waals surface area contributed by atoms with Gasteiger partial charge in [0.2, 0.25) is 0 Å². The van der Waals surface area contributed by atoms with Crippen molar-refractivity contribution in [1.29, 1.82) is 0 Å². The lowest BCUT2D eigenvalue weighted by Gasteiger charge is -2.20. The number of hydrogen-bond donors (Lipinski definition) is 1. The van der Waals surface area contributed by atoms with Crippen molar-refractivity contribution in [3.05, 3.63) is 88.0 Å². The molecule has 4 aliphatic rings. The Labute approximate surface area is 309 Å². The molecule has 0 radical (unpaired) electrons. The van der Waals surface area contributed by atoms with Crippen LogP contribution < -0.4 is 29.4 Å². The van der Waals surface area contributed by atoms with Gasteiger partial charge >= 0.3 is 0 Å². The molecular weight excluding hydrogens is 674 g/mol. The summed E-state index contributed by atoms with van der Waals surface area (Å²) in [6.45, 7) is 6.49. The van der Waals surface area contributed by atoms with E-state index >= 15 is 0 Å². The van der Waals surface area contributed by atoms with Crippen LogP contribution in [0.5, 0.6) is 28.7 Å². The van der Waals surface area contributed by atoms with Crippen molar-refractivity contribution in [3.63, 3.8) is 0 Å². The molecule has 3 aromatic carbocycles. The van der Waals surface area contributed by atoms with Gasteiger partial charge in [0, 0.05) is 37.7 Å². The molecule has 2 amide bonds. The monoisotopic (exact) mass is 719 g/mol. The highest BCUT2D eigenvalue weighted by atomic mass is 16.5. The highest BCUT2D eigenvalue weighted by Gasteiger charge is 2.36. The summed E-state index contributed by atoms with van der Waals surface area (Å²) in [5.41, 5.74) is 11.9. The summed E-state index contributed by atoms with van der Waals surface area (Å²) in [6, 6.07) is 12.6. The summed E-state index contributed by atoms with van der Waals surface area (Å²) < 4.78 is 30.1. The molecule has 0 saturated carbocycles. The predicted octanol–water partition coefficient (Wildman–Crippen LogP) is 6.34. The van der Waals surface area contributed by atoms with E-state index in [9.17, 15) is 9.59 Å². The normalized spacial score (nSPS) is 20.2. The second-order valence-corrected chi connectivity index (χ2v) is 13.5. The molecule has 0 aromatic heterocycles. The molecule has 0 spiro atoms. The van der Waals surface area contributed by atoms with Crippen molar-refractivity contribution in [2.75, 3.05) is 40.5 Å². The molecule has 2 N–H and O–H groups in total. The van der Waals surface area contributed by atoms with E-state index in [1.807, 2.05) is 54.3 Å². The lowest BCUT2D eigenvalue weighted by Crippen LogP contribution is -2.35. The summed E-state index contributed by atoms with van der Waals surface area (Å²) in [7, 11) is 3.11. The second kappa shape index (κ2) is 15.5. The smallest absolute Gasteiger partial charge is 0.257 e. The number of benzene rings is 3. The maximum atomic E-state index is 13.5. The molecule has 276 valence electrons. The number of carbonyl (C=O) groups is 2. The fourth-order valence-electron chi connectivity index (χ4n) is 7.10. The molecule has 0 aliphatic carbocycles. The van der Waals surface area contributed by atoms with Crippen LogP contribution in [0.1, 0.15) is 65.0 Å². The quantitative estimate of drug-likeness (QED) is 0.169. The van der Waals surface area contributed by atoms with Crippen LogP contribution in [0.25, 0.3) is 0 Å². The van der Waals surface area contributed by atoms with Gasteiger partial charge in [-0.1, -0.05) is 23.3 Å². The number of nitrogens with two attached hydrogens (primary N) is 1. The van der Waals surface area contributed by atoms with Crippen LogP contribution in [0, 0.1) is 0 Å². The van der Waals surface area contributed by atoms with Crippen LogP contribution in [0.2, 0.25) is 0 Å². The second-order valence-electron chi connectivity index (χ2n) is 13.5. The van der Waals surface area contributed by atoms with Gasteiger partial charge in [-0.25, -0.2) is 0 Å². The van der Waals surface area contributed by atoms with Crippen LogP contribution in [0.3, 0.4) is 0 Å². The van der Waals surface area contributed by atoms with Crippen LogP contribution in [0.15, 0.2) is 75.7 Å². The minimum atomic E-state index is -0.0796. The van der Waals surface area contributed by atoms with Crippen molar-refractivity contribution in [3.8, 4) is 28.7 Å². The van der Waals surface area contributed by atoms with Crippen molar-refractivity contribution in [1.82, 2.24) is 9.80 Å². The number of carbonyl (C=O) groups excluding carboxylic acids is 2. The van der Waals surface area contributed by atoms with Crippen molar-refractivity contribution in [2.24, 2.45) is 15.7 Å². The van der Waals surface area contributed by atoms with E-state index in [0.29, 0.717) is 83.9 Å². The van der Waals surface area contributed by atoms with E-state index in [2.05, 4.69) is 12.2 Å². The molecule has 12 heteroatoms. The Kier molecular flexibility index (Phi) is 10.5. The molecular formula is C41H45N5O7. The Hall–Kier alpha value is -5.62. The van der Waals surface area contributed by atoms with Gasteiger partial charge in [-0.05, 0) is 81.1 Å². The van der Waals surface area contributed by atoms with Crippen LogP contribution >= 0.6 is 0 Å². The van der Waals surface area contributed by atoms with Crippen LogP contribution in [0.4, 0.5) is 11.4 Å². The molecule has 1 unspecified atom stereocenters. The minimum absolute atomic E-state index is 0.0791. The van der Waals surface area contributed by atoms with Gasteiger partial charge in [-0.15, -0.1) is 0 Å². The van der Waals surface area contributed by atoms with Gasteiger partial charge in [0.05, 0.1) is 55.4 Å². The summed E-state index contributed by atoms with van der Waals surface area (Å²) in [4.78, 5) is 40.2. The predicted molar refractivity (Wildman–Crippen MR) is 203 cm³/mol. The molecule has 53 heavy (non-hydrogen) atoms. The third kappa shape index (κ3) is 7.36. The average Bonchev–Trinajstić information content (AvgIpc) is 3.75. The Bertz CT molecular complexity index is 1900. The first-order valence-corrected chi connectivity index (χ1v) is 18.0. The molecule has 2 saturated heterocycles. The third-order valence-corrected chi connectivity index (χ3v) is 10.1. The van der Waals surface area contributed by atoms with E-state index in [1.54, 1.807) is 38.5 Å². The average molecular weight is 720 g/mol. The maximum absolute atomic E-state index is 13.5. The van der Waals surface area contributed by atoms with Crippen LogP contribution in [-0.4, -0.2) is 86.6 Å². The number of allylic oxidation sites excluding steroid dienone is 2. The summed E-state index contributed by atoms with van der Waals surface area (Å²) in [5.74, 6) is 2.30. The van der Waals surface area contributed by atoms with E-state index in [1.165, 1.54) is 11.1 Å². The van der Waals surface area contributed by atoms with Gasteiger partial charge < -0.3 is 39.2 Å². The topological polar surface area (TPSA) is 138 Å². The Morgan fingerprint density at radius 2 is 1.19 bits per heavy atom. The molecule has 3 aromatic rings. The van der Waals surface area contributed by atoms with Gasteiger partial charge in [0.1, 0.15) is 19.0 Å². The number of amides is 2. The highest BCUT2D eigenvalue weighted by molar-refractivity contribution is 6.04. The first-order valence-electron chi connectivity index (χ1n) is 18.0. The largest absolute Gasteiger partial charge is 0.494 e. The van der Waals surface area contributed by atoms with Gasteiger partial charge in [-0.2, -0.15) is 0 Å². The van der Waals surface area contributed by atoms with E-state index in [-0.39, 0.29) is 37.1 Å². The van der Waals surface area contributed by atoms with E-state index in [0.717, 1.165) is 24.0 Å². The SMILES string of the molecule is C/C=C1\CC2C=Nc3cc(OCc4cc(COc5cc6c(cc5OC)C(=O)N5C/C(=C/C)C[C@H]5C=N6)cc(OCCCN)c4)c(OC)cc3C(=O)N2C1. The molecule has 4 heterocycles. The number of aliphatic imine (C=N–C) groups is 2. The number of fused-ring (bicyclic) bond motifs is 4. The summed E-state index contributed by atoms with van der Waals surface area (Å²) in [5, 5.41) is 0. The number of methoxy groups -OCH3 is 2. The summed E-state index contributed by atoms with van der Waals surface area (Å²) in [6.07, 6.45) is 10.1. The Morgan fingerprint density at radius 3 is 1.62 bits per heavy atom. The summed E-state index contributed by atoms with van der Waals surface area (Å²) >= 11 is 0. The Balaban J connectivity index is 1.11. The molecule has 4 aliphatic heterocycles. The lowest BCUT2D eigenvalue weighted by molar-refractivity contribution is 0.0769. The zero-order valence-corrected chi connectivity index (χ0v) is 30.6. The fraction of sp³-hybridized carbons (Fsp3) is 0.366.